The number of sulfone groups is 1. The van der Waals surface area contributed by atoms with Crippen LogP contribution >= 0.6 is 0 Å². The van der Waals surface area contributed by atoms with E-state index in [1.54, 1.807) is 25.1 Å². The number of rotatable bonds is 8. The van der Waals surface area contributed by atoms with Crippen LogP contribution in [0, 0.1) is 11.3 Å². The Labute approximate surface area is 207 Å². The fourth-order valence-electron chi connectivity index (χ4n) is 5.14. The summed E-state index contributed by atoms with van der Waals surface area (Å²) in [6.45, 7) is 0.810. The molecule has 0 radical (unpaired) electrons. The van der Waals surface area contributed by atoms with E-state index < -0.39 is 21.9 Å². The molecule has 2 aliphatic heterocycles. The summed E-state index contributed by atoms with van der Waals surface area (Å²) in [5.74, 6) is 0.190. The lowest BCUT2D eigenvalue weighted by Crippen LogP contribution is -2.47. The number of carbonyl (C=O) groups is 1. The Kier molecular flexibility index (Phi) is 6.54. The Balaban J connectivity index is 1.51. The third-order valence-corrected chi connectivity index (χ3v) is 9.01. The number of Topliss-reactive ketones (excluding diaryl/α,β-unsaturated/α-hetero) is 1. The highest BCUT2D eigenvalue weighted by Gasteiger charge is 2.45. The van der Waals surface area contributed by atoms with Crippen LogP contribution in [0.4, 0.5) is 8.78 Å². The molecule has 0 spiro atoms. The van der Waals surface area contributed by atoms with Crippen molar-refractivity contribution in [2.24, 2.45) is 11.3 Å². The first kappa shape index (κ1) is 24.8. The maximum atomic E-state index is 13.1. The first-order valence-corrected chi connectivity index (χ1v) is 13.7. The van der Waals surface area contributed by atoms with Gasteiger partial charge in [-0.25, -0.2) is 8.42 Å². The Morgan fingerprint density at radius 2 is 2.00 bits per heavy atom. The van der Waals surface area contributed by atoms with Gasteiger partial charge in [0.25, 0.3) is 0 Å². The number of pyridine rings is 1. The molecule has 1 aromatic carbocycles. The molecule has 2 aromatic heterocycles. The zero-order valence-electron chi connectivity index (χ0n) is 19.8. The van der Waals surface area contributed by atoms with E-state index in [1.165, 1.54) is 18.3 Å². The molecule has 0 saturated carbocycles. The highest BCUT2D eigenvalue weighted by molar-refractivity contribution is 7.92. The van der Waals surface area contributed by atoms with Gasteiger partial charge in [0.15, 0.2) is 15.6 Å². The summed E-state index contributed by atoms with van der Waals surface area (Å²) >= 11 is 0. The SMILES string of the molecule is CC1(CC(=O)c2cnc3c(-c4cccc(OC(F)F)c4)nn(CC4CCOCC4)c3c2)CS(=O)(=O)C1. The molecule has 11 heteroatoms. The van der Waals surface area contributed by atoms with Crippen LogP contribution < -0.4 is 4.74 Å². The number of ether oxygens (including phenoxy) is 2. The summed E-state index contributed by atoms with van der Waals surface area (Å²) in [6, 6.07) is 8.04. The van der Waals surface area contributed by atoms with E-state index in [1.807, 2.05) is 4.68 Å². The van der Waals surface area contributed by atoms with Crippen molar-refractivity contribution in [1.29, 1.82) is 0 Å². The fraction of sp³-hybridized carbons (Fsp3) is 0.480. The molecule has 0 amide bonds. The summed E-state index contributed by atoms with van der Waals surface area (Å²) in [4.78, 5) is 17.6. The maximum Gasteiger partial charge on any atom is 0.387 e. The normalized spacial score (nSPS) is 19.3. The minimum absolute atomic E-state index is 0.00424. The first-order chi connectivity index (χ1) is 17.1. The van der Waals surface area contributed by atoms with E-state index in [4.69, 9.17) is 9.84 Å². The Morgan fingerprint density at radius 1 is 1.25 bits per heavy atom. The molecule has 3 aromatic rings. The Bertz CT molecular complexity index is 1390. The van der Waals surface area contributed by atoms with Gasteiger partial charge in [-0.3, -0.25) is 14.5 Å². The number of aromatic nitrogens is 3. The van der Waals surface area contributed by atoms with E-state index in [-0.39, 0.29) is 29.5 Å². The highest BCUT2D eigenvalue weighted by Crippen LogP contribution is 2.37. The van der Waals surface area contributed by atoms with Gasteiger partial charge in [-0.15, -0.1) is 0 Å². The highest BCUT2D eigenvalue weighted by atomic mass is 32.2. The van der Waals surface area contributed by atoms with Gasteiger partial charge in [0.2, 0.25) is 0 Å². The number of alkyl halides is 2. The second-order valence-corrected chi connectivity index (χ2v) is 12.1. The molecule has 0 atom stereocenters. The number of hydrogen-bond acceptors (Lipinski definition) is 7. The average molecular weight is 520 g/mol. The molecule has 2 saturated heterocycles. The summed E-state index contributed by atoms with van der Waals surface area (Å²) in [5, 5.41) is 4.78. The van der Waals surface area contributed by atoms with Gasteiger partial charge in [-0.2, -0.15) is 13.9 Å². The summed E-state index contributed by atoms with van der Waals surface area (Å²) in [6.07, 6.45) is 3.36. The molecule has 5 rings (SSSR count). The number of hydrogen-bond donors (Lipinski definition) is 0. The average Bonchev–Trinajstić information content (AvgIpc) is 3.15. The Morgan fingerprint density at radius 3 is 2.69 bits per heavy atom. The van der Waals surface area contributed by atoms with Gasteiger partial charge in [0, 0.05) is 48.9 Å². The molecule has 2 aliphatic rings. The maximum absolute atomic E-state index is 13.1. The van der Waals surface area contributed by atoms with Crippen molar-refractivity contribution >= 4 is 26.7 Å². The molecule has 4 heterocycles. The van der Waals surface area contributed by atoms with Gasteiger partial charge < -0.3 is 9.47 Å². The predicted octanol–water partition coefficient (Wildman–Crippen LogP) is 4.13. The summed E-state index contributed by atoms with van der Waals surface area (Å²) in [7, 11) is -3.06. The van der Waals surface area contributed by atoms with E-state index in [9.17, 15) is 22.0 Å². The number of nitrogens with zero attached hydrogens (tertiary/aromatic N) is 3. The number of benzene rings is 1. The lowest BCUT2D eigenvalue weighted by Gasteiger charge is -2.37. The summed E-state index contributed by atoms with van der Waals surface area (Å²) in [5.41, 5.74) is 2.11. The third-order valence-electron chi connectivity index (χ3n) is 6.74. The minimum atomic E-state index is -3.06. The van der Waals surface area contributed by atoms with Gasteiger partial charge in [0.1, 0.15) is 17.0 Å². The smallest absolute Gasteiger partial charge is 0.387 e. The quantitative estimate of drug-likeness (QED) is 0.413. The first-order valence-electron chi connectivity index (χ1n) is 11.8. The fourth-order valence-corrected chi connectivity index (χ4v) is 7.39. The van der Waals surface area contributed by atoms with Crippen molar-refractivity contribution in [2.75, 3.05) is 24.7 Å². The topological polar surface area (TPSA) is 100 Å². The van der Waals surface area contributed by atoms with Gasteiger partial charge in [0.05, 0.1) is 17.0 Å². The van der Waals surface area contributed by atoms with Crippen LogP contribution in [0.2, 0.25) is 0 Å². The van der Waals surface area contributed by atoms with E-state index in [0.717, 1.165) is 12.8 Å². The molecule has 8 nitrogen and oxygen atoms in total. The molecule has 0 N–H and O–H groups in total. The number of halogens is 2. The van der Waals surface area contributed by atoms with Crippen LogP contribution in [0.1, 0.15) is 36.5 Å². The zero-order chi connectivity index (χ0) is 25.5. The van der Waals surface area contributed by atoms with Crippen molar-refractivity contribution in [1.82, 2.24) is 14.8 Å². The molecule has 36 heavy (non-hydrogen) atoms. The van der Waals surface area contributed by atoms with Crippen molar-refractivity contribution in [3.05, 3.63) is 42.1 Å². The molecule has 0 unspecified atom stereocenters. The van der Waals surface area contributed by atoms with Crippen molar-refractivity contribution in [2.45, 2.75) is 39.3 Å². The third kappa shape index (κ3) is 5.27. The van der Waals surface area contributed by atoms with Crippen LogP contribution in [0.3, 0.4) is 0 Å². The molecule has 192 valence electrons. The van der Waals surface area contributed by atoms with Crippen LogP contribution in [0.5, 0.6) is 5.75 Å². The standard InChI is InChI=1S/C25H27F2N3O5S/c1-25(14-36(32,33)15-25)11-21(31)18-10-20-23(28-12-18)22(17-3-2-4-19(9-17)35-24(26)27)29-30(20)13-16-5-7-34-8-6-16/h2-4,9-10,12,16,24H,5-8,11,13-15H2,1H3. The number of carbonyl (C=O) groups excluding carboxylic acids is 1. The molecular weight excluding hydrogens is 492 g/mol. The summed E-state index contributed by atoms with van der Waals surface area (Å²) < 4.78 is 60.7. The molecule has 2 fully saturated rings. The predicted molar refractivity (Wildman–Crippen MR) is 129 cm³/mol. The minimum Gasteiger partial charge on any atom is -0.435 e. The van der Waals surface area contributed by atoms with E-state index in [0.29, 0.717) is 53.5 Å². The van der Waals surface area contributed by atoms with E-state index >= 15 is 0 Å². The van der Waals surface area contributed by atoms with E-state index in [2.05, 4.69) is 9.72 Å². The molecule has 0 bridgehead atoms. The number of fused-ring (bicyclic) bond motifs is 1. The van der Waals surface area contributed by atoms with Crippen LogP contribution in [0.15, 0.2) is 36.5 Å². The Hall–Kier alpha value is -2.92. The molecular formula is C25H27F2N3O5S. The van der Waals surface area contributed by atoms with Crippen molar-refractivity contribution in [3.63, 3.8) is 0 Å². The number of ketones is 1. The van der Waals surface area contributed by atoms with Gasteiger partial charge in [-0.05, 0) is 37.0 Å². The van der Waals surface area contributed by atoms with Crippen LogP contribution in [-0.4, -0.2) is 60.3 Å². The second kappa shape index (κ2) is 9.51. The van der Waals surface area contributed by atoms with Gasteiger partial charge >= 0.3 is 6.61 Å². The zero-order valence-corrected chi connectivity index (χ0v) is 20.6. The van der Waals surface area contributed by atoms with Crippen molar-refractivity contribution < 1.29 is 31.5 Å². The van der Waals surface area contributed by atoms with Crippen LogP contribution in [-0.2, 0) is 21.1 Å². The lowest BCUT2D eigenvalue weighted by molar-refractivity contribution is -0.0498. The monoisotopic (exact) mass is 519 g/mol. The van der Waals surface area contributed by atoms with Crippen LogP contribution in [0.25, 0.3) is 22.3 Å². The largest absolute Gasteiger partial charge is 0.435 e. The second-order valence-electron chi connectivity index (χ2n) is 10.0. The van der Waals surface area contributed by atoms with Crippen molar-refractivity contribution in [3.8, 4) is 17.0 Å². The molecule has 0 aliphatic carbocycles. The lowest BCUT2D eigenvalue weighted by atomic mass is 9.86. The van der Waals surface area contributed by atoms with Gasteiger partial charge in [-0.1, -0.05) is 19.1 Å².